The molecule has 7 aromatic carbocycles. The maximum atomic E-state index is 8.80. The highest BCUT2D eigenvalue weighted by atomic mass is 15.2. The van der Waals surface area contributed by atoms with Crippen LogP contribution in [0.4, 0.5) is 0 Å². The zero-order chi connectivity index (χ0) is 37.1. The van der Waals surface area contributed by atoms with Crippen molar-refractivity contribution in [2.24, 2.45) is 0 Å². The summed E-state index contributed by atoms with van der Waals surface area (Å²) in [6, 6.07) is 37.3. The summed E-state index contributed by atoms with van der Waals surface area (Å²) in [7, 11) is 0. The Morgan fingerprint density at radius 1 is 0.500 bits per heavy atom. The van der Waals surface area contributed by atoms with Crippen LogP contribution in [0.1, 0.15) is 6.85 Å². The quantitative estimate of drug-likeness (QED) is 0.192. The summed E-state index contributed by atoms with van der Waals surface area (Å²) in [5.74, 6) is 0.455. The predicted octanol–water partition coefficient (Wildman–Crippen LogP) is 10.6. The standard InChI is InChI=1S/C44H26N6/c1-2-13-31(14-3-1)49-37-17-9-8-16-33(37)35-25-30(19-21-38(35)49)40-41-43(46-23-22-45-41)48-44(47-40)50-39-26-29-12-5-4-11-28(29)24-36(39)34-20-18-27-10-6-7-15-32(27)42(34)50/h1-26H/i1D,2D,3D,13D,14D. The highest BCUT2D eigenvalue weighted by Gasteiger charge is 2.21. The van der Waals surface area contributed by atoms with Crippen molar-refractivity contribution >= 4 is 76.3 Å². The van der Waals surface area contributed by atoms with Crippen LogP contribution < -0.4 is 0 Å². The van der Waals surface area contributed by atoms with Gasteiger partial charge in [0.2, 0.25) is 5.95 Å². The Kier molecular flexibility index (Phi) is 4.65. The second-order valence-corrected chi connectivity index (χ2v) is 12.4. The first kappa shape index (κ1) is 22.6. The molecule has 0 fully saturated rings. The first-order chi connectivity index (χ1) is 26.9. The van der Waals surface area contributed by atoms with Gasteiger partial charge in [-0.05, 0) is 58.6 Å². The molecule has 0 aliphatic rings. The Hall–Kier alpha value is -6.92. The first-order valence-corrected chi connectivity index (χ1v) is 16.3. The van der Waals surface area contributed by atoms with Crippen LogP contribution in [-0.2, 0) is 0 Å². The van der Waals surface area contributed by atoms with Crippen LogP contribution in [-0.4, -0.2) is 29.1 Å². The van der Waals surface area contributed by atoms with E-state index in [1.165, 1.54) is 0 Å². The van der Waals surface area contributed by atoms with E-state index in [1.54, 1.807) is 17.0 Å². The Balaban J connectivity index is 1.22. The molecule has 0 N–H and O–H groups in total. The number of nitrogens with zero attached hydrogens (tertiary/aromatic N) is 6. The molecular weight excluding hydrogens is 613 g/mol. The molecule has 4 aromatic heterocycles. The molecule has 11 rings (SSSR count). The molecule has 50 heavy (non-hydrogen) atoms. The first-order valence-electron chi connectivity index (χ1n) is 18.8. The smallest absolute Gasteiger partial charge is 0.237 e. The van der Waals surface area contributed by atoms with Crippen LogP contribution in [0.25, 0.3) is 99.2 Å². The third-order valence-electron chi connectivity index (χ3n) is 9.70. The molecule has 11 aromatic rings. The minimum absolute atomic E-state index is 0.0942. The van der Waals surface area contributed by atoms with Crippen molar-refractivity contribution in [3.8, 4) is 22.9 Å². The van der Waals surface area contributed by atoms with E-state index in [9.17, 15) is 0 Å². The fraction of sp³-hybridized carbons (Fsp3) is 0. The monoisotopic (exact) mass is 643 g/mol. The molecule has 0 atom stereocenters. The lowest BCUT2D eigenvalue weighted by Crippen LogP contribution is -2.05. The summed E-state index contributed by atoms with van der Waals surface area (Å²) in [4.78, 5) is 19.8. The zero-order valence-electron chi connectivity index (χ0n) is 31.3. The minimum Gasteiger partial charge on any atom is -0.309 e. The normalized spacial score (nSPS) is 13.4. The van der Waals surface area contributed by atoms with E-state index in [0.29, 0.717) is 33.8 Å². The summed E-state index contributed by atoms with van der Waals surface area (Å²) in [6.45, 7) is 0. The van der Waals surface area contributed by atoms with Crippen molar-refractivity contribution in [3.05, 3.63) is 158 Å². The maximum absolute atomic E-state index is 8.80. The molecule has 0 aliphatic carbocycles. The number of aromatic nitrogens is 6. The number of hydrogen-bond donors (Lipinski definition) is 0. The van der Waals surface area contributed by atoms with Crippen LogP contribution in [0, 0.1) is 0 Å². The number of fused-ring (bicyclic) bond motifs is 10. The van der Waals surface area contributed by atoms with Crippen molar-refractivity contribution in [1.82, 2.24) is 29.1 Å². The van der Waals surface area contributed by atoms with E-state index in [4.69, 9.17) is 21.8 Å². The average Bonchev–Trinajstić information content (AvgIpc) is 3.73. The molecule has 232 valence electrons. The second kappa shape index (κ2) is 10.3. The van der Waals surface area contributed by atoms with Gasteiger partial charge in [0.25, 0.3) is 0 Å². The Morgan fingerprint density at radius 2 is 1.22 bits per heavy atom. The van der Waals surface area contributed by atoms with E-state index in [1.807, 2.05) is 54.6 Å². The predicted molar refractivity (Wildman–Crippen MR) is 204 cm³/mol. The van der Waals surface area contributed by atoms with Crippen LogP contribution in [0.3, 0.4) is 0 Å². The van der Waals surface area contributed by atoms with Crippen molar-refractivity contribution in [2.45, 2.75) is 0 Å². The van der Waals surface area contributed by atoms with Crippen molar-refractivity contribution in [2.75, 3.05) is 0 Å². The summed E-state index contributed by atoms with van der Waals surface area (Å²) < 4.78 is 46.5. The van der Waals surface area contributed by atoms with Gasteiger partial charge in [-0.25, -0.2) is 15.0 Å². The van der Waals surface area contributed by atoms with Gasteiger partial charge in [-0.15, -0.1) is 0 Å². The van der Waals surface area contributed by atoms with Crippen LogP contribution in [0.5, 0.6) is 0 Å². The van der Waals surface area contributed by atoms with E-state index < -0.39 is 6.04 Å². The number of para-hydroxylation sites is 2. The van der Waals surface area contributed by atoms with Gasteiger partial charge in [0.05, 0.1) is 28.9 Å². The lowest BCUT2D eigenvalue weighted by atomic mass is 10.0. The molecule has 0 unspecified atom stereocenters. The Labute approximate surface area is 292 Å². The highest BCUT2D eigenvalue weighted by molar-refractivity contribution is 6.20. The fourth-order valence-electron chi connectivity index (χ4n) is 7.54. The molecule has 0 saturated heterocycles. The zero-order valence-corrected chi connectivity index (χ0v) is 26.3. The van der Waals surface area contributed by atoms with Gasteiger partial charge in [0.15, 0.2) is 5.65 Å². The highest BCUT2D eigenvalue weighted by Crippen LogP contribution is 2.40. The van der Waals surface area contributed by atoms with Crippen LogP contribution in [0.2, 0.25) is 0 Å². The Bertz CT molecular complexity index is 3430. The van der Waals surface area contributed by atoms with E-state index >= 15 is 0 Å². The maximum Gasteiger partial charge on any atom is 0.237 e. The third-order valence-corrected chi connectivity index (χ3v) is 9.70. The SMILES string of the molecule is [2H]c1c([2H])c([2H])c(-n2c3ccccc3c3cc(-c4nc(-n5c6cc7ccccc7cc6c6ccc7ccccc7c65)nc5nccnc45)ccc32)c([2H])c1[2H]. The molecule has 6 heteroatoms. The van der Waals surface area contributed by atoms with Crippen LogP contribution >= 0.6 is 0 Å². The summed E-state index contributed by atoms with van der Waals surface area (Å²) >= 11 is 0. The molecule has 0 spiro atoms. The fourth-order valence-corrected chi connectivity index (χ4v) is 7.54. The van der Waals surface area contributed by atoms with Gasteiger partial charge in [0.1, 0.15) is 11.2 Å². The van der Waals surface area contributed by atoms with Crippen molar-refractivity contribution < 1.29 is 6.85 Å². The summed E-state index contributed by atoms with van der Waals surface area (Å²) in [5.41, 5.74) is 5.80. The number of benzene rings is 7. The largest absolute Gasteiger partial charge is 0.309 e. The lowest BCUT2D eigenvalue weighted by molar-refractivity contribution is 1.00. The topological polar surface area (TPSA) is 61.4 Å². The van der Waals surface area contributed by atoms with Gasteiger partial charge in [-0.2, -0.15) is 4.98 Å². The van der Waals surface area contributed by atoms with E-state index in [-0.39, 0.29) is 29.9 Å². The average molecular weight is 644 g/mol. The minimum atomic E-state index is -0.432. The third kappa shape index (κ3) is 3.84. The molecule has 0 saturated carbocycles. The van der Waals surface area contributed by atoms with E-state index in [0.717, 1.165) is 59.7 Å². The Morgan fingerprint density at radius 3 is 2.10 bits per heavy atom. The molecule has 4 heterocycles. The molecule has 0 aliphatic heterocycles. The number of hydrogen-bond acceptors (Lipinski definition) is 4. The molecule has 6 nitrogen and oxygen atoms in total. The van der Waals surface area contributed by atoms with Gasteiger partial charge >= 0.3 is 0 Å². The van der Waals surface area contributed by atoms with Crippen molar-refractivity contribution in [1.29, 1.82) is 0 Å². The van der Waals surface area contributed by atoms with Gasteiger partial charge < -0.3 is 4.57 Å². The van der Waals surface area contributed by atoms with Gasteiger partial charge in [-0.1, -0.05) is 103 Å². The molecule has 0 radical (unpaired) electrons. The molecule has 0 bridgehead atoms. The van der Waals surface area contributed by atoms with E-state index in [2.05, 4.69) is 70.2 Å². The lowest BCUT2D eigenvalue weighted by Gasteiger charge is -2.12. The van der Waals surface area contributed by atoms with Crippen molar-refractivity contribution in [3.63, 3.8) is 0 Å². The summed E-state index contributed by atoms with van der Waals surface area (Å²) in [5, 5.41) is 8.28. The molecule has 0 amide bonds. The second-order valence-electron chi connectivity index (χ2n) is 12.4. The van der Waals surface area contributed by atoms with Gasteiger partial charge in [-0.3, -0.25) is 4.57 Å². The molecular formula is C44H26N6. The number of rotatable bonds is 3. The summed E-state index contributed by atoms with van der Waals surface area (Å²) in [6.07, 6.45) is 3.27. The van der Waals surface area contributed by atoms with Gasteiger partial charge in [0, 0.05) is 50.6 Å². The van der Waals surface area contributed by atoms with Crippen LogP contribution in [0.15, 0.2) is 158 Å².